The minimum Gasteiger partial charge on any atom is -0.492 e. The van der Waals surface area contributed by atoms with Crippen molar-refractivity contribution < 1.29 is 23.7 Å². The third-order valence-corrected chi connectivity index (χ3v) is 1.74. The summed E-state index contributed by atoms with van der Waals surface area (Å²) in [6.45, 7) is 1.94. The number of carbonyl (C=O) groups is 1. The first-order chi connectivity index (χ1) is 7.72. The fraction of sp³-hybridized carbons (Fsp3) is 0.364. The fourth-order valence-corrected chi connectivity index (χ4v) is 1.11. The minimum absolute atomic E-state index is 0.233. The summed E-state index contributed by atoms with van der Waals surface area (Å²) >= 11 is 0. The van der Waals surface area contributed by atoms with Gasteiger partial charge in [0.1, 0.15) is 0 Å². The Morgan fingerprint density at radius 1 is 1.38 bits per heavy atom. The highest BCUT2D eigenvalue weighted by molar-refractivity contribution is 5.66. The Kier molecular flexibility index (Phi) is 4.44. The van der Waals surface area contributed by atoms with Crippen molar-refractivity contribution in [1.82, 2.24) is 0 Å². The molecule has 1 radical (unpaired) electrons. The molecule has 0 aromatic heterocycles. The molecule has 87 valence electrons. The zero-order valence-electron chi connectivity index (χ0n) is 9.40. The van der Waals surface area contributed by atoms with E-state index >= 15 is 0 Å². The van der Waals surface area contributed by atoms with Crippen LogP contribution in [0.5, 0.6) is 17.2 Å². The number of carbonyl (C=O) groups excluding carboxylic acids is 1. The van der Waals surface area contributed by atoms with Crippen LogP contribution in [-0.4, -0.2) is 27.0 Å². The van der Waals surface area contributed by atoms with E-state index in [4.69, 9.17) is 14.2 Å². The van der Waals surface area contributed by atoms with Crippen LogP contribution in [0.25, 0.3) is 0 Å². The maximum atomic E-state index is 11.1. The largest absolute Gasteiger partial charge is 0.513 e. The van der Waals surface area contributed by atoms with Gasteiger partial charge in [0.15, 0.2) is 11.5 Å². The third kappa shape index (κ3) is 2.79. The summed E-state index contributed by atoms with van der Waals surface area (Å²) in [5.41, 5.74) is 0. The van der Waals surface area contributed by atoms with Gasteiger partial charge < -0.3 is 18.9 Å². The van der Waals surface area contributed by atoms with Crippen LogP contribution in [-0.2, 0) is 4.74 Å². The molecular weight excluding hydrogens is 212 g/mol. The van der Waals surface area contributed by atoms with Crippen LogP contribution in [0.3, 0.4) is 0 Å². The van der Waals surface area contributed by atoms with Gasteiger partial charge in [-0.1, -0.05) is 0 Å². The molecule has 5 heteroatoms. The second-order valence-corrected chi connectivity index (χ2v) is 2.69. The number of rotatable bonds is 4. The van der Waals surface area contributed by atoms with Crippen molar-refractivity contribution in [2.75, 3.05) is 20.8 Å². The first-order valence-corrected chi connectivity index (χ1v) is 4.70. The van der Waals surface area contributed by atoms with Crippen LogP contribution in [0.4, 0.5) is 4.79 Å². The van der Waals surface area contributed by atoms with Gasteiger partial charge in [0.25, 0.3) is 0 Å². The molecule has 0 atom stereocenters. The smallest absolute Gasteiger partial charge is 0.492 e. The van der Waals surface area contributed by atoms with Gasteiger partial charge in [-0.3, -0.25) is 0 Å². The summed E-state index contributed by atoms with van der Waals surface area (Å²) in [4.78, 5) is 11.1. The van der Waals surface area contributed by atoms with Crippen LogP contribution < -0.4 is 14.2 Å². The lowest BCUT2D eigenvalue weighted by Gasteiger charge is -2.11. The van der Waals surface area contributed by atoms with Crippen molar-refractivity contribution in [3.8, 4) is 17.2 Å². The number of hydrogen-bond acceptors (Lipinski definition) is 5. The van der Waals surface area contributed by atoms with Gasteiger partial charge in [-0.25, -0.2) is 4.79 Å². The molecule has 0 bridgehead atoms. The first-order valence-electron chi connectivity index (χ1n) is 4.70. The molecule has 0 aliphatic heterocycles. The molecule has 0 aliphatic rings. The predicted molar refractivity (Wildman–Crippen MR) is 56.0 cm³/mol. The molecular formula is C11H13O5. The van der Waals surface area contributed by atoms with Crippen molar-refractivity contribution in [3.05, 3.63) is 18.2 Å². The van der Waals surface area contributed by atoms with Gasteiger partial charge in [-0.05, 0) is 19.1 Å². The van der Waals surface area contributed by atoms with E-state index in [1.54, 1.807) is 13.0 Å². The van der Waals surface area contributed by atoms with Crippen LogP contribution in [0.2, 0.25) is 0 Å². The zero-order chi connectivity index (χ0) is 12.0. The maximum Gasteiger partial charge on any atom is 0.513 e. The molecule has 1 aromatic carbocycles. The molecule has 0 saturated heterocycles. The van der Waals surface area contributed by atoms with Crippen molar-refractivity contribution in [3.63, 3.8) is 0 Å². The Bertz CT molecular complexity index is 361. The van der Waals surface area contributed by atoms with E-state index in [2.05, 4.69) is 10.8 Å². The summed E-state index contributed by atoms with van der Waals surface area (Å²) in [6.07, 6.45) is -0.783. The molecule has 0 fully saturated rings. The number of benzene rings is 1. The molecule has 1 aromatic rings. The van der Waals surface area contributed by atoms with E-state index in [1.807, 2.05) is 0 Å². The van der Waals surface area contributed by atoms with Crippen LogP contribution >= 0.6 is 0 Å². The van der Waals surface area contributed by atoms with Crippen molar-refractivity contribution >= 4 is 6.16 Å². The fourth-order valence-electron chi connectivity index (χ4n) is 1.11. The van der Waals surface area contributed by atoms with Gasteiger partial charge in [-0.15, -0.1) is 0 Å². The van der Waals surface area contributed by atoms with Crippen molar-refractivity contribution in [2.24, 2.45) is 0 Å². The third-order valence-electron chi connectivity index (χ3n) is 1.74. The molecule has 0 aliphatic carbocycles. The molecule has 0 heterocycles. The summed E-state index contributed by atoms with van der Waals surface area (Å²) in [6, 6.07) is 5.91. The quantitative estimate of drug-likeness (QED) is 0.579. The average molecular weight is 225 g/mol. The van der Waals surface area contributed by atoms with E-state index in [1.165, 1.54) is 20.3 Å². The lowest BCUT2D eigenvalue weighted by Crippen LogP contribution is -2.10. The van der Waals surface area contributed by atoms with Crippen LogP contribution in [0.1, 0.15) is 6.92 Å². The molecule has 1 rings (SSSR count). The Hall–Kier alpha value is -1.91. The highest BCUT2D eigenvalue weighted by Crippen LogP contribution is 2.36. The Morgan fingerprint density at radius 2 is 2.12 bits per heavy atom. The number of ether oxygens (including phenoxy) is 4. The van der Waals surface area contributed by atoms with Gasteiger partial charge in [0, 0.05) is 6.07 Å². The molecule has 0 spiro atoms. The Morgan fingerprint density at radius 3 is 2.69 bits per heavy atom. The van der Waals surface area contributed by atoms with Gasteiger partial charge in [0.2, 0.25) is 5.75 Å². The summed E-state index contributed by atoms with van der Waals surface area (Å²) < 4.78 is 19.6. The summed E-state index contributed by atoms with van der Waals surface area (Å²) in [5, 5.41) is 0. The minimum atomic E-state index is -0.783. The SMILES string of the molecule is CCOC(=O)Oc1cc[c]c(OC)c1OC. The number of hydrogen-bond donors (Lipinski definition) is 0. The maximum absolute atomic E-state index is 11.1. The number of methoxy groups -OCH3 is 2. The first kappa shape index (κ1) is 12.2. The van der Waals surface area contributed by atoms with E-state index in [0.29, 0.717) is 11.5 Å². The predicted octanol–water partition coefficient (Wildman–Crippen LogP) is 2.04. The molecule has 5 nitrogen and oxygen atoms in total. The second-order valence-electron chi connectivity index (χ2n) is 2.69. The highest BCUT2D eigenvalue weighted by Gasteiger charge is 2.14. The van der Waals surface area contributed by atoms with Gasteiger partial charge in [0.05, 0.1) is 20.8 Å². The summed E-state index contributed by atoms with van der Waals surface area (Å²) in [5.74, 6) is 0.902. The second kappa shape index (κ2) is 5.85. The van der Waals surface area contributed by atoms with Gasteiger partial charge in [-0.2, -0.15) is 0 Å². The Balaban J connectivity index is 2.90. The molecule has 16 heavy (non-hydrogen) atoms. The highest BCUT2D eigenvalue weighted by atomic mass is 16.7. The van der Waals surface area contributed by atoms with Crippen LogP contribution in [0.15, 0.2) is 12.1 Å². The monoisotopic (exact) mass is 225 g/mol. The lowest BCUT2D eigenvalue weighted by molar-refractivity contribution is 0.103. The van der Waals surface area contributed by atoms with E-state index in [0.717, 1.165) is 0 Å². The van der Waals surface area contributed by atoms with Gasteiger partial charge >= 0.3 is 6.16 Å². The summed E-state index contributed by atoms with van der Waals surface area (Å²) in [7, 11) is 2.92. The van der Waals surface area contributed by atoms with Crippen LogP contribution in [0, 0.1) is 6.07 Å². The molecule has 0 N–H and O–H groups in total. The average Bonchev–Trinajstić information content (AvgIpc) is 2.29. The topological polar surface area (TPSA) is 54.0 Å². The van der Waals surface area contributed by atoms with Crippen molar-refractivity contribution in [1.29, 1.82) is 0 Å². The normalized spacial score (nSPS) is 9.44. The zero-order valence-corrected chi connectivity index (χ0v) is 9.40. The lowest BCUT2D eigenvalue weighted by atomic mass is 10.3. The molecule has 0 amide bonds. The van der Waals surface area contributed by atoms with E-state index in [-0.39, 0.29) is 12.4 Å². The van der Waals surface area contributed by atoms with E-state index < -0.39 is 6.16 Å². The standard InChI is InChI=1S/C11H13O5/c1-4-15-11(12)16-9-7-5-6-8(13-2)10(9)14-3/h5,7H,4H2,1-3H3. The molecule has 0 saturated carbocycles. The molecule has 0 unspecified atom stereocenters. The van der Waals surface area contributed by atoms with Crippen molar-refractivity contribution in [2.45, 2.75) is 6.92 Å². The van der Waals surface area contributed by atoms with E-state index in [9.17, 15) is 4.79 Å². The Labute approximate surface area is 93.9 Å².